The zero-order valence-electron chi connectivity index (χ0n) is 17.3. The monoisotopic (exact) mass is 398 g/mol. The molecular weight excluding hydrogens is 372 g/mol. The van der Waals surface area contributed by atoms with Gasteiger partial charge in [-0.1, -0.05) is 60.7 Å². The Hall–Kier alpha value is -3.53. The first kappa shape index (κ1) is 19.8. The highest BCUT2D eigenvalue weighted by Crippen LogP contribution is 2.44. The number of alkyl carbamates (subject to hydrolysis) is 1. The molecule has 4 nitrogen and oxygen atoms in total. The van der Waals surface area contributed by atoms with Crippen molar-refractivity contribution in [2.45, 2.75) is 19.8 Å². The number of amides is 1. The summed E-state index contributed by atoms with van der Waals surface area (Å²) in [4.78, 5) is 12.2. The predicted octanol–water partition coefficient (Wildman–Crippen LogP) is 5.44. The maximum Gasteiger partial charge on any atom is 0.407 e. The van der Waals surface area contributed by atoms with Crippen molar-refractivity contribution in [1.82, 2.24) is 5.32 Å². The number of aryl methyl sites for hydroxylation is 2. The maximum atomic E-state index is 12.2. The number of ether oxygens (including phenoxy) is 1. The van der Waals surface area contributed by atoms with Gasteiger partial charge in [0.05, 0.1) is 0 Å². The van der Waals surface area contributed by atoms with E-state index in [2.05, 4.69) is 29.6 Å². The Balaban J connectivity index is 1.34. The van der Waals surface area contributed by atoms with E-state index in [-0.39, 0.29) is 5.92 Å². The van der Waals surface area contributed by atoms with Crippen molar-refractivity contribution in [3.05, 3.63) is 94.6 Å². The molecule has 1 aliphatic rings. The lowest BCUT2D eigenvalue weighted by molar-refractivity contribution is 0.144. The first-order valence-corrected chi connectivity index (χ1v) is 10.2. The van der Waals surface area contributed by atoms with E-state index in [4.69, 9.17) is 10.5 Å². The number of carbonyl (C=O) groups is 1. The minimum Gasteiger partial charge on any atom is -0.449 e. The van der Waals surface area contributed by atoms with Gasteiger partial charge in [-0.3, -0.25) is 0 Å². The van der Waals surface area contributed by atoms with Gasteiger partial charge in [0.1, 0.15) is 6.61 Å². The van der Waals surface area contributed by atoms with Crippen molar-refractivity contribution in [3.63, 3.8) is 0 Å². The van der Waals surface area contributed by atoms with E-state index < -0.39 is 6.09 Å². The van der Waals surface area contributed by atoms with Crippen LogP contribution in [-0.2, 0) is 4.74 Å². The molecule has 0 fully saturated rings. The Bertz CT molecular complexity index is 1050. The molecule has 0 saturated carbocycles. The second kappa shape index (κ2) is 8.46. The van der Waals surface area contributed by atoms with E-state index in [1.807, 2.05) is 62.4 Å². The van der Waals surface area contributed by atoms with Gasteiger partial charge in [-0.15, -0.1) is 0 Å². The van der Waals surface area contributed by atoms with E-state index >= 15 is 0 Å². The molecule has 1 amide bonds. The topological polar surface area (TPSA) is 64.3 Å². The summed E-state index contributed by atoms with van der Waals surface area (Å²) in [5.74, 6) is 0.0689. The van der Waals surface area contributed by atoms with E-state index in [1.54, 1.807) is 0 Å². The molecule has 4 rings (SSSR count). The summed E-state index contributed by atoms with van der Waals surface area (Å²) in [5.41, 5.74) is 14.8. The Labute approximate surface area is 177 Å². The SMILES string of the molecule is Cc1cc(C=CCNC(=O)OCC2c3ccccc3-c3ccccc32)cc(C)c1N. The molecule has 0 radical (unpaired) electrons. The number of anilines is 1. The first-order valence-electron chi connectivity index (χ1n) is 10.2. The fraction of sp³-hybridized carbons (Fsp3) is 0.192. The van der Waals surface area contributed by atoms with Crippen LogP contribution in [0, 0.1) is 13.8 Å². The van der Waals surface area contributed by atoms with Gasteiger partial charge in [-0.25, -0.2) is 4.79 Å². The summed E-state index contributed by atoms with van der Waals surface area (Å²) in [7, 11) is 0. The van der Waals surface area contributed by atoms with Crippen LogP contribution in [0.25, 0.3) is 17.2 Å². The molecule has 0 bridgehead atoms. The summed E-state index contributed by atoms with van der Waals surface area (Å²) in [6.45, 7) is 4.71. The lowest BCUT2D eigenvalue weighted by atomic mass is 9.98. The molecule has 152 valence electrons. The summed E-state index contributed by atoms with van der Waals surface area (Å²) < 4.78 is 5.55. The van der Waals surface area contributed by atoms with Crippen LogP contribution >= 0.6 is 0 Å². The minimum atomic E-state index is -0.411. The lowest BCUT2D eigenvalue weighted by Crippen LogP contribution is -2.26. The zero-order chi connectivity index (χ0) is 21.1. The Morgan fingerprint density at radius 3 is 2.17 bits per heavy atom. The van der Waals surface area contributed by atoms with Gasteiger partial charge in [0.2, 0.25) is 0 Å². The average Bonchev–Trinajstić information content (AvgIpc) is 3.07. The summed E-state index contributed by atoms with van der Waals surface area (Å²) in [5, 5.41) is 2.79. The van der Waals surface area contributed by atoms with Crippen LogP contribution < -0.4 is 11.1 Å². The molecule has 0 spiro atoms. The summed E-state index contributed by atoms with van der Waals surface area (Å²) in [6.07, 6.45) is 3.47. The van der Waals surface area contributed by atoms with Gasteiger partial charge < -0.3 is 15.8 Å². The number of fused-ring (bicyclic) bond motifs is 3. The molecule has 1 aliphatic carbocycles. The van der Waals surface area contributed by atoms with Gasteiger partial charge in [-0.05, 0) is 64.9 Å². The van der Waals surface area contributed by atoms with Crippen LogP contribution in [0.3, 0.4) is 0 Å². The smallest absolute Gasteiger partial charge is 0.407 e. The minimum absolute atomic E-state index is 0.0689. The number of benzene rings is 3. The summed E-state index contributed by atoms with van der Waals surface area (Å²) in [6, 6.07) is 20.7. The van der Waals surface area contributed by atoms with Crippen molar-refractivity contribution >= 4 is 17.9 Å². The molecule has 3 aromatic carbocycles. The lowest BCUT2D eigenvalue weighted by Gasteiger charge is -2.14. The summed E-state index contributed by atoms with van der Waals surface area (Å²) >= 11 is 0. The third-order valence-electron chi connectivity index (χ3n) is 5.63. The second-order valence-electron chi connectivity index (χ2n) is 7.68. The van der Waals surface area contributed by atoms with Crippen molar-refractivity contribution in [2.75, 3.05) is 18.9 Å². The number of nitrogens with two attached hydrogens (primary N) is 1. The highest BCUT2D eigenvalue weighted by molar-refractivity contribution is 5.79. The van der Waals surface area contributed by atoms with Crippen molar-refractivity contribution in [1.29, 1.82) is 0 Å². The van der Waals surface area contributed by atoms with Gasteiger partial charge in [-0.2, -0.15) is 0 Å². The van der Waals surface area contributed by atoms with E-state index in [0.29, 0.717) is 13.2 Å². The Kier molecular flexibility index (Phi) is 5.57. The molecule has 3 N–H and O–H groups in total. The van der Waals surface area contributed by atoms with Crippen LogP contribution in [0.4, 0.5) is 10.5 Å². The largest absolute Gasteiger partial charge is 0.449 e. The quantitative estimate of drug-likeness (QED) is 0.563. The van der Waals surface area contributed by atoms with Gasteiger partial charge in [0.25, 0.3) is 0 Å². The molecule has 30 heavy (non-hydrogen) atoms. The fourth-order valence-electron chi connectivity index (χ4n) is 4.09. The molecule has 0 atom stereocenters. The third-order valence-corrected chi connectivity index (χ3v) is 5.63. The van der Waals surface area contributed by atoms with Gasteiger partial charge >= 0.3 is 6.09 Å². The van der Waals surface area contributed by atoms with Gasteiger partial charge in [0.15, 0.2) is 0 Å². The Morgan fingerprint density at radius 2 is 1.57 bits per heavy atom. The highest BCUT2D eigenvalue weighted by Gasteiger charge is 2.28. The normalized spacial score (nSPS) is 12.6. The van der Waals surface area contributed by atoms with Gasteiger partial charge in [0, 0.05) is 18.2 Å². The van der Waals surface area contributed by atoms with E-state index in [0.717, 1.165) is 22.4 Å². The third kappa shape index (κ3) is 3.94. The number of carbonyl (C=O) groups excluding carboxylic acids is 1. The molecule has 3 aromatic rings. The van der Waals surface area contributed by atoms with Crippen molar-refractivity contribution < 1.29 is 9.53 Å². The predicted molar refractivity (Wildman–Crippen MR) is 122 cm³/mol. The Morgan fingerprint density at radius 1 is 1.00 bits per heavy atom. The number of nitrogen functional groups attached to an aromatic ring is 1. The average molecular weight is 399 g/mol. The fourth-order valence-corrected chi connectivity index (χ4v) is 4.09. The number of rotatable bonds is 5. The van der Waals surface area contributed by atoms with Crippen LogP contribution in [0.5, 0.6) is 0 Å². The molecular formula is C26H26N2O2. The number of nitrogens with one attached hydrogen (secondary N) is 1. The van der Waals surface area contributed by atoms with Crippen molar-refractivity contribution in [3.8, 4) is 11.1 Å². The standard InChI is InChI=1S/C26H26N2O2/c1-17-14-19(15-18(2)25(17)27)8-7-13-28-26(29)30-16-24-22-11-5-3-9-20(22)21-10-4-6-12-23(21)24/h3-12,14-15,24H,13,16,27H2,1-2H3,(H,28,29). The molecule has 4 heteroatoms. The maximum absolute atomic E-state index is 12.2. The number of hydrogen-bond donors (Lipinski definition) is 2. The van der Waals surface area contributed by atoms with Crippen LogP contribution in [0.15, 0.2) is 66.7 Å². The molecule has 0 aromatic heterocycles. The van der Waals surface area contributed by atoms with Crippen LogP contribution in [0.1, 0.15) is 33.7 Å². The second-order valence-corrected chi connectivity index (χ2v) is 7.68. The first-order chi connectivity index (χ1) is 14.5. The molecule has 0 heterocycles. The van der Waals surface area contributed by atoms with Crippen LogP contribution in [0.2, 0.25) is 0 Å². The van der Waals surface area contributed by atoms with Crippen molar-refractivity contribution in [2.24, 2.45) is 0 Å². The molecule has 0 unspecified atom stereocenters. The number of hydrogen-bond acceptors (Lipinski definition) is 3. The van der Waals surface area contributed by atoms with E-state index in [1.165, 1.54) is 22.3 Å². The zero-order valence-corrected chi connectivity index (χ0v) is 17.3. The molecule has 0 aliphatic heterocycles. The van der Waals surface area contributed by atoms with Crippen LogP contribution in [-0.4, -0.2) is 19.2 Å². The molecule has 0 saturated heterocycles. The van der Waals surface area contributed by atoms with E-state index in [9.17, 15) is 4.79 Å². The highest BCUT2D eigenvalue weighted by atomic mass is 16.5.